The normalized spacial score (nSPS) is 13.6. The van der Waals surface area contributed by atoms with Gasteiger partial charge < -0.3 is 5.32 Å². The molecule has 4 rings (SSSR count). The number of aromatic nitrogens is 3. The molecule has 3 aromatic rings. The van der Waals surface area contributed by atoms with Crippen LogP contribution in [0.15, 0.2) is 53.7 Å². The van der Waals surface area contributed by atoms with Gasteiger partial charge in [-0.15, -0.1) is 10.2 Å². The van der Waals surface area contributed by atoms with Crippen molar-refractivity contribution in [2.75, 3.05) is 11.1 Å². The topological polar surface area (TPSA) is 59.8 Å². The minimum Gasteiger partial charge on any atom is -0.325 e. The lowest BCUT2D eigenvalue weighted by atomic mass is 10.1. The number of para-hydroxylation sites is 1. The van der Waals surface area contributed by atoms with E-state index in [-0.39, 0.29) is 5.91 Å². The molecule has 2 aromatic carbocycles. The molecule has 1 amide bonds. The molecular weight excluding hydrogens is 356 g/mol. The molecule has 0 bridgehead atoms. The first-order valence-corrected chi connectivity index (χ1v) is 10.1. The van der Waals surface area contributed by atoms with E-state index in [0.29, 0.717) is 11.7 Å². The fourth-order valence-corrected chi connectivity index (χ4v) is 3.83. The second-order valence-electron chi connectivity index (χ2n) is 6.94. The summed E-state index contributed by atoms with van der Waals surface area (Å²) in [5.74, 6) is 1.74. The summed E-state index contributed by atoms with van der Waals surface area (Å²) < 4.78 is 2.09. The van der Waals surface area contributed by atoms with Crippen LogP contribution in [0.25, 0.3) is 5.69 Å². The zero-order valence-electron chi connectivity index (χ0n) is 15.5. The standard InChI is InChI=1S/C21H22N4OS/c1-14-8-11-18(15(2)12-14)22-19(26)13-27-21-24-23-20(16-9-10-16)25(21)17-6-4-3-5-7-17/h3-8,11-12,16H,9-10,13H2,1-2H3,(H,22,26). The maximum absolute atomic E-state index is 12.4. The van der Waals surface area contributed by atoms with Crippen LogP contribution in [0.4, 0.5) is 5.69 Å². The highest BCUT2D eigenvalue weighted by atomic mass is 32.2. The number of anilines is 1. The number of carbonyl (C=O) groups is 1. The van der Waals surface area contributed by atoms with Crippen LogP contribution < -0.4 is 5.32 Å². The molecule has 0 spiro atoms. The number of thioether (sulfide) groups is 1. The Morgan fingerprint density at radius 2 is 1.93 bits per heavy atom. The van der Waals surface area contributed by atoms with Gasteiger partial charge in [-0.3, -0.25) is 9.36 Å². The Balaban J connectivity index is 1.49. The van der Waals surface area contributed by atoms with Crippen LogP contribution in [-0.4, -0.2) is 26.4 Å². The summed E-state index contributed by atoms with van der Waals surface area (Å²) in [5, 5.41) is 12.5. The summed E-state index contributed by atoms with van der Waals surface area (Å²) in [4.78, 5) is 12.4. The average Bonchev–Trinajstić information content (AvgIpc) is 3.42. The third-order valence-corrected chi connectivity index (χ3v) is 5.53. The Labute approximate surface area is 163 Å². The monoisotopic (exact) mass is 378 g/mol. The molecule has 27 heavy (non-hydrogen) atoms. The Morgan fingerprint density at radius 1 is 1.15 bits per heavy atom. The highest BCUT2D eigenvalue weighted by Crippen LogP contribution is 2.41. The van der Waals surface area contributed by atoms with Crippen molar-refractivity contribution in [2.45, 2.75) is 37.8 Å². The molecule has 0 atom stereocenters. The number of aryl methyl sites for hydroxylation is 2. The number of hydrogen-bond donors (Lipinski definition) is 1. The van der Waals surface area contributed by atoms with E-state index >= 15 is 0 Å². The van der Waals surface area contributed by atoms with E-state index in [1.807, 2.05) is 44.2 Å². The molecule has 0 aliphatic heterocycles. The second kappa shape index (κ2) is 7.56. The molecule has 0 radical (unpaired) electrons. The van der Waals surface area contributed by atoms with E-state index in [1.54, 1.807) is 0 Å². The number of carbonyl (C=O) groups excluding carboxylic acids is 1. The summed E-state index contributed by atoms with van der Waals surface area (Å²) in [6.07, 6.45) is 2.31. The van der Waals surface area contributed by atoms with Crippen LogP contribution in [0.3, 0.4) is 0 Å². The smallest absolute Gasteiger partial charge is 0.234 e. The van der Waals surface area contributed by atoms with E-state index in [1.165, 1.54) is 17.3 Å². The predicted octanol–water partition coefficient (Wildman–Crippen LogP) is 4.49. The summed E-state index contributed by atoms with van der Waals surface area (Å²) in [6, 6.07) is 16.1. The molecule has 1 aliphatic rings. The quantitative estimate of drug-likeness (QED) is 0.642. The van der Waals surface area contributed by atoms with Gasteiger partial charge in [0.05, 0.1) is 5.75 Å². The molecule has 1 saturated carbocycles. The van der Waals surface area contributed by atoms with Crippen LogP contribution in [0.2, 0.25) is 0 Å². The Hall–Kier alpha value is -2.60. The Bertz CT molecular complexity index is 964. The lowest BCUT2D eigenvalue weighted by molar-refractivity contribution is -0.113. The minimum absolute atomic E-state index is 0.0393. The summed E-state index contributed by atoms with van der Waals surface area (Å²) in [6.45, 7) is 4.05. The number of hydrogen-bond acceptors (Lipinski definition) is 4. The van der Waals surface area contributed by atoms with Gasteiger partial charge in [-0.1, -0.05) is 47.7 Å². The zero-order valence-corrected chi connectivity index (χ0v) is 16.3. The molecule has 1 fully saturated rings. The SMILES string of the molecule is Cc1ccc(NC(=O)CSc2nnc(C3CC3)n2-c2ccccc2)c(C)c1. The van der Waals surface area contributed by atoms with Gasteiger partial charge in [0.25, 0.3) is 0 Å². The number of nitrogens with one attached hydrogen (secondary N) is 1. The van der Waals surface area contributed by atoms with Gasteiger partial charge in [0, 0.05) is 17.3 Å². The van der Waals surface area contributed by atoms with E-state index in [0.717, 1.165) is 40.8 Å². The van der Waals surface area contributed by atoms with Gasteiger partial charge in [-0.25, -0.2) is 0 Å². The molecule has 0 saturated heterocycles. The molecule has 6 heteroatoms. The van der Waals surface area contributed by atoms with E-state index in [4.69, 9.17) is 0 Å². The van der Waals surface area contributed by atoms with Gasteiger partial charge in [-0.05, 0) is 50.5 Å². The van der Waals surface area contributed by atoms with Gasteiger partial charge in [0.2, 0.25) is 5.91 Å². The van der Waals surface area contributed by atoms with Gasteiger partial charge in [-0.2, -0.15) is 0 Å². The Morgan fingerprint density at radius 3 is 2.63 bits per heavy atom. The van der Waals surface area contributed by atoms with Crippen LogP contribution in [0.1, 0.15) is 35.7 Å². The largest absolute Gasteiger partial charge is 0.325 e. The highest BCUT2D eigenvalue weighted by molar-refractivity contribution is 7.99. The molecule has 5 nitrogen and oxygen atoms in total. The number of benzene rings is 2. The van der Waals surface area contributed by atoms with Crippen molar-refractivity contribution in [3.8, 4) is 5.69 Å². The average molecular weight is 379 g/mol. The van der Waals surface area contributed by atoms with Crippen molar-refractivity contribution in [1.29, 1.82) is 0 Å². The molecule has 1 N–H and O–H groups in total. The number of amides is 1. The van der Waals surface area contributed by atoms with Crippen molar-refractivity contribution in [3.63, 3.8) is 0 Å². The molecule has 1 aliphatic carbocycles. The van der Waals surface area contributed by atoms with E-state index < -0.39 is 0 Å². The molecule has 1 heterocycles. The van der Waals surface area contributed by atoms with Crippen molar-refractivity contribution >= 4 is 23.4 Å². The molecule has 138 valence electrons. The van der Waals surface area contributed by atoms with Gasteiger partial charge in [0.15, 0.2) is 5.16 Å². The van der Waals surface area contributed by atoms with E-state index in [2.05, 4.69) is 38.3 Å². The van der Waals surface area contributed by atoms with Crippen LogP contribution >= 0.6 is 11.8 Å². The third kappa shape index (κ3) is 4.06. The van der Waals surface area contributed by atoms with Crippen molar-refractivity contribution in [3.05, 3.63) is 65.5 Å². The lowest BCUT2D eigenvalue weighted by Crippen LogP contribution is -2.15. The zero-order chi connectivity index (χ0) is 18.8. The fourth-order valence-electron chi connectivity index (χ4n) is 3.07. The second-order valence-corrected chi connectivity index (χ2v) is 7.88. The molecule has 1 aromatic heterocycles. The van der Waals surface area contributed by atoms with Crippen molar-refractivity contribution < 1.29 is 4.79 Å². The first-order valence-electron chi connectivity index (χ1n) is 9.12. The first-order chi connectivity index (χ1) is 13.1. The number of nitrogens with zero attached hydrogens (tertiary/aromatic N) is 3. The summed E-state index contributed by atoms with van der Waals surface area (Å²) >= 11 is 1.42. The number of rotatable bonds is 6. The van der Waals surface area contributed by atoms with Crippen molar-refractivity contribution in [1.82, 2.24) is 14.8 Å². The summed E-state index contributed by atoms with van der Waals surface area (Å²) in [5.41, 5.74) is 4.15. The predicted molar refractivity (Wildman–Crippen MR) is 109 cm³/mol. The van der Waals surface area contributed by atoms with Crippen LogP contribution in [0, 0.1) is 13.8 Å². The van der Waals surface area contributed by atoms with Crippen molar-refractivity contribution in [2.24, 2.45) is 0 Å². The summed E-state index contributed by atoms with van der Waals surface area (Å²) in [7, 11) is 0. The first kappa shape index (κ1) is 17.8. The lowest BCUT2D eigenvalue weighted by Gasteiger charge is -2.11. The maximum atomic E-state index is 12.4. The molecular formula is C21H22N4OS. The van der Waals surface area contributed by atoms with E-state index in [9.17, 15) is 4.79 Å². The van der Waals surface area contributed by atoms with Crippen LogP contribution in [-0.2, 0) is 4.79 Å². The van der Waals surface area contributed by atoms with Gasteiger partial charge in [0.1, 0.15) is 5.82 Å². The van der Waals surface area contributed by atoms with Crippen LogP contribution in [0.5, 0.6) is 0 Å². The van der Waals surface area contributed by atoms with Gasteiger partial charge >= 0.3 is 0 Å². The Kier molecular flexibility index (Phi) is 4.99. The molecule has 0 unspecified atom stereocenters. The maximum Gasteiger partial charge on any atom is 0.234 e. The minimum atomic E-state index is -0.0393. The highest BCUT2D eigenvalue weighted by Gasteiger charge is 2.31. The fraction of sp³-hybridized carbons (Fsp3) is 0.286. The third-order valence-electron chi connectivity index (χ3n) is 4.60.